The molecular weight excluding hydrogens is 332 g/mol. The number of aromatic nitrogens is 3. The van der Waals surface area contributed by atoms with Crippen LogP contribution in [0.4, 0.5) is 0 Å². The van der Waals surface area contributed by atoms with Gasteiger partial charge in [-0.15, -0.1) is 0 Å². The maximum Gasteiger partial charge on any atom is 0.0914 e. The smallest absolute Gasteiger partial charge is 0.0914 e. The summed E-state index contributed by atoms with van der Waals surface area (Å²) in [7, 11) is 2.20. The minimum atomic E-state index is 0.384. The normalized spacial score (nSPS) is 17.2. The summed E-state index contributed by atoms with van der Waals surface area (Å²) in [5.41, 5.74) is 8.46. The quantitative estimate of drug-likeness (QED) is 0.576. The zero-order valence-corrected chi connectivity index (χ0v) is 15.6. The molecule has 0 radical (unpaired) electrons. The third-order valence-corrected chi connectivity index (χ3v) is 5.59. The van der Waals surface area contributed by atoms with Crippen LogP contribution in [0.5, 0.6) is 0 Å². The molecule has 27 heavy (non-hydrogen) atoms. The summed E-state index contributed by atoms with van der Waals surface area (Å²) in [6.45, 7) is 4.01. The molecule has 0 amide bonds. The SMILES string of the molecule is Cc1nccnc1-c1ccc2c(c1)CN(C)CC2c1ccc2[nH]ccc2c1. The molecule has 0 bridgehead atoms. The van der Waals surface area contributed by atoms with Gasteiger partial charge in [0.05, 0.1) is 11.4 Å². The van der Waals surface area contributed by atoms with Crippen molar-refractivity contribution < 1.29 is 0 Å². The van der Waals surface area contributed by atoms with Gasteiger partial charge in [-0.05, 0) is 60.3 Å². The van der Waals surface area contributed by atoms with Crippen molar-refractivity contribution >= 4 is 10.9 Å². The first-order valence-corrected chi connectivity index (χ1v) is 9.35. The van der Waals surface area contributed by atoms with Crippen LogP contribution in [0.3, 0.4) is 0 Å². The number of nitrogens with one attached hydrogen (secondary N) is 1. The predicted molar refractivity (Wildman–Crippen MR) is 109 cm³/mol. The fourth-order valence-corrected chi connectivity index (χ4v) is 4.26. The zero-order valence-electron chi connectivity index (χ0n) is 15.6. The zero-order chi connectivity index (χ0) is 18.4. The lowest BCUT2D eigenvalue weighted by Gasteiger charge is -2.33. The van der Waals surface area contributed by atoms with Crippen LogP contribution in [0.2, 0.25) is 0 Å². The van der Waals surface area contributed by atoms with Gasteiger partial charge < -0.3 is 9.88 Å². The number of aryl methyl sites for hydroxylation is 1. The largest absolute Gasteiger partial charge is 0.361 e. The van der Waals surface area contributed by atoms with E-state index in [-0.39, 0.29) is 0 Å². The van der Waals surface area contributed by atoms with Crippen LogP contribution in [0.1, 0.15) is 28.3 Å². The summed E-state index contributed by atoms with van der Waals surface area (Å²) in [5, 5.41) is 1.27. The van der Waals surface area contributed by atoms with E-state index in [1.165, 1.54) is 27.6 Å². The van der Waals surface area contributed by atoms with Crippen molar-refractivity contribution in [1.82, 2.24) is 19.9 Å². The Labute approximate surface area is 158 Å². The highest BCUT2D eigenvalue weighted by atomic mass is 15.1. The van der Waals surface area contributed by atoms with E-state index < -0.39 is 0 Å². The number of nitrogens with zero attached hydrogens (tertiary/aromatic N) is 3. The Bertz CT molecular complexity index is 1130. The number of benzene rings is 2. The molecule has 0 saturated heterocycles. The van der Waals surface area contributed by atoms with Crippen LogP contribution in [-0.2, 0) is 6.54 Å². The number of aromatic amines is 1. The first-order valence-electron chi connectivity index (χ1n) is 9.35. The number of H-pyrrole nitrogens is 1. The van der Waals surface area contributed by atoms with E-state index in [9.17, 15) is 0 Å². The highest BCUT2D eigenvalue weighted by Gasteiger charge is 2.25. The van der Waals surface area contributed by atoms with Gasteiger partial charge in [-0.3, -0.25) is 9.97 Å². The Morgan fingerprint density at radius 1 is 1.04 bits per heavy atom. The summed E-state index contributed by atoms with van der Waals surface area (Å²) < 4.78 is 0. The molecule has 134 valence electrons. The number of fused-ring (bicyclic) bond motifs is 2. The van der Waals surface area contributed by atoms with Crippen molar-refractivity contribution in [2.75, 3.05) is 13.6 Å². The summed E-state index contributed by atoms with van der Waals surface area (Å²) in [6, 6.07) is 15.7. The maximum atomic E-state index is 4.54. The fourth-order valence-electron chi connectivity index (χ4n) is 4.26. The van der Waals surface area contributed by atoms with Crippen LogP contribution < -0.4 is 0 Å². The van der Waals surface area contributed by atoms with Crippen molar-refractivity contribution in [3.63, 3.8) is 0 Å². The number of likely N-dealkylation sites (N-methyl/N-ethyl adjacent to an activating group) is 1. The predicted octanol–water partition coefficient (Wildman–Crippen LogP) is 4.51. The minimum Gasteiger partial charge on any atom is -0.361 e. The molecular formula is C23H22N4. The van der Waals surface area contributed by atoms with E-state index in [1.54, 1.807) is 12.4 Å². The Kier molecular flexibility index (Phi) is 3.80. The van der Waals surface area contributed by atoms with E-state index >= 15 is 0 Å². The van der Waals surface area contributed by atoms with Crippen LogP contribution in [0, 0.1) is 6.92 Å². The van der Waals surface area contributed by atoms with E-state index in [0.717, 1.165) is 30.0 Å². The first-order chi connectivity index (χ1) is 13.2. The van der Waals surface area contributed by atoms with Gasteiger partial charge in [-0.2, -0.15) is 0 Å². The lowest BCUT2D eigenvalue weighted by molar-refractivity contribution is 0.295. The standard InChI is InChI=1S/C23H22N4/c1-15-23(26-10-9-24-15)18-3-5-20-19(12-18)13-27(2)14-21(20)16-4-6-22-17(11-16)7-8-25-22/h3-12,21,25H,13-14H2,1-2H3. The minimum absolute atomic E-state index is 0.384. The fraction of sp³-hybridized carbons (Fsp3) is 0.217. The highest BCUT2D eigenvalue weighted by Crippen LogP contribution is 2.36. The van der Waals surface area contributed by atoms with Crippen molar-refractivity contribution in [2.24, 2.45) is 0 Å². The summed E-state index contributed by atoms with van der Waals surface area (Å²) in [5.74, 6) is 0.384. The van der Waals surface area contributed by atoms with Crippen molar-refractivity contribution in [3.8, 4) is 11.3 Å². The van der Waals surface area contributed by atoms with E-state index in [0.29, 0.717) is 5.92 Å². The lowest BCUT2D eigenvalue weighted by atomic mass is 9.83. The second-order valence-electron chi connectivity index (χ2n) is 7.48. The van der Waals surface area contributed by atoms with Gasteiger partial charge in [-0.25, -0.2) is 0 Å². The van der Waals surface area contributed by atoms with Crippen LogP contribution in [0.15, 0.2) is 61.1 Å². The van der Waals surface area contributed by atoms with Crippen molar-refractivity contribution in [1.29, 1.82) is 0 Å². The topological polar surface area (TPSA) is 44.8 Å². The second-order valence-corrected chi connectivity index (χ2v) is 7.48. The molecule has 1 unspecified atom stereocenters. The van der Waals surface area contributed by atoms with Gasteiger partial charge >= 0.3 is 0 Å². The summed E-state index contributed by atoms with van der Waals surface area (Å²) in [4.78, 5) is 14.6. The Balaban J connectivity index is 1.60. The van der Waals surface area contributed by atoms with Gasteiger partial charge in [0.25, 0.3) is 0 Å². The summed E-state index contributed by atoms with van der Waals surface area (Å²) in [6.07, 6.45) is 5.52. The molecule has 1 N–H and O–H groups in total. The number of rotatable bonds is 2. The highest BCUT2D eigenvalue weighted by molar-refractivity contribution is 5.80. The Morgan fingerprint density at radius 3 is 2.81 bits per heavy atom. The maximum absolute atomic E-state index is 4.54. The Hall–Kier alpha value is -2.98. The molecule has 1 aliphatic heterocycles. The van der Waals surface area contributed by atoms with Gasteiger partial charge in [0.1, 0.15) is 0 Å². The first kappa shape index (κ1) is 16.2. The van der Waals surface area contributed by atoms with E-state index in [1.807, 2.05) is 13.1 Å². The Morgan fingerprint density at radius 2 is 1.93 bits per heavy atom. The molecule has 4 heteroatoms. The molecule has 1 atom stereocenters. The molecule has 4 aromatic rings. The molecule has 1 aliphatic rings. The monoisotopic (exact) mass is 354 g/mol. The van der Waals surface area contributed by atoms with Crippen molar-refractivity contribution in [2.45, 2.75) is 19.4 Å². The molecule has 4 nitrogen and oxygen atoms in total. The van der Waals surface area contributed by atoms with Gasteiger partial charge in [0.15, 0.2) is 0 Å². The molecule has 0 spiro atoms. The van der Waals surface area contributed by atoms with E-state index in [4.69, 9.17) is 0 Å². The van der Waals surface area contributed by atoms with Gasteiger partial charge in [-0.1, -0.05) is 18.2 Å². The second kappa shape index (κ2) is 6.32. The van der Waals surface area contributed by atoms with Crippen LogP contribution in [-0.4, -0.2) is 33.4 Å². The molecule has 0 fully saturated rings. The van der Waals surface area contributed by atoms with E-state index in [2.05, 4.69) is 69.4 Å². The molecule has 0 saturated carbocycles. The third kappa shape index (κ3) is 2.82. The van der Waals surface area contributed by atoms with Gasteiger partial charge in [0, 0.05) is 48.7 Å². The molecule has 0 aliphatic carbocycles. The average molecular weight is 354 g/mol. The molecule has 3 heterocycles. The van der Waals surface area contributed by atoms with Crippen molar-refractivity contribution in [3.05, 3.63) is 83.4 Å². The molecule has 5 rings (SSSR count). The number of hydrogen-bond acceptors (Lipinski definition) is 3. The van der Waals surface area contributed by atoms with Gasteiger partial charge in [0.2, 0.25) is 0 Å². The van der Waals surface area contributed by atoms with Crippen LogP contribution >= 0.6 is 0 Å². The number of hydrogen-bond donors (Lipinski definition) is 1. The lowest BCUT2D eigenvalue weighted by Crippen LogP contribution is -2.31. The molecule has 2 aromatic carbocycles. The average Bonchev–Trinajstić information content (AvgIpc) is 3.15. The third-order valence-electron chi connectivity index (χ3n) is 5.59. The molecule has 2 aromatic heterocycles. The van der Waals surface area contributed by atoms with Crippen LogP contribution in [0.25, 0.3) is 22.2 Å². The summed E-state index contributed by atoms with van der Waals surface area (Å²) >= 11 is 0.